The van der Waals surface area contributed by atoms with E-state index in [1.165, 1.54) is 36.5 Å². The molecule has 8 heteroatoms. The third kappa shape index (κ3) is 5.13. The predicted molar refractivity (Wildman–Crippen MR) is 126 cm³/mol. The number of nitrogens with zero attached hydrogens (tertiary/aromatic N) is 1. The number of hydrogen-bond acceptors (Lipinski definition) is 5. The number of nitrogens with one attached hydrogen (secondary N) is 2. The zero-order valence-electron chi connectivity index (χ0n) is 17.3. The van der Waals surface area contributed by atoms with E-state index in [4.69, 9.17) is 0 Å². The van der Waals surface area contributed by atoms with Crippen molar-refractivity contribution in [2.24, 2.45) is 0 Å². The highest BCUT2D eigenvalue weighted by Gasteiger charge is 2.19. The van der Waals surface area contributed by atoms with Crippen molar-refractivity contribution in [3.05, 3.63) is 120 Å². The van der Waals surface area contributed by atoms with Crippen LogP contribution in [0.15, 0.2) is 108 Å². The number of para-hydroxylation sites is 1. The molecule has 0 fully saturated rings. The molecule has 0 unspecified atom stereocenters. The molecule has 1 amide bonds. The van der Waals surface area contributed by atoms with Gasteiger partial charge in [-0.3, -0.25) is 19.3 Å². The summed E-state index contributed by atoms with van der Waals surface area (Å²) in [7, 11) is -3.98. The number of hydrogen-bond donors (Lipinski definition) is 2. The first-order chi connectivity index (χ1) is 15.9. The fraction of sp³-hybridized carbons (Fsp3) is 0. The largest absolute Gasteiger partial charge is 0.321 e. The highest BCUT2D eigenvalue weighted by Crippen LogP contribution is 2.23. The Labute approximate surface area is 191 Å². The van der Waals surface area contributed by atoms with E-state index in [1.54, 1.807) is 66.7 Å². The quantitative estimate of drug-likeness (QED) is 0.401. The first kappa shape index (κ1) is 21.9. The fourth-order valence-electron chi connectivity index (χ4n) is 3.13. The summed E-state index contributed by atoms with van der Waals surface area (Å²) < 4.78 is 28.4. The van der Waals surface area contributed by atoms with Gasteiger partial charge in [0.05, 0.1) is 10.6 Å². The zero-order valence-corrected chi connectivity index (χ0v) is 18.1. The third-order valence-electron chi connectivity index (χ3n) is 4.77. The van der Waals surface area contributed by atoms with Crippen molar-refractivity contribution in [1.82, 2.24) is 4.98 Å². The predicted octanol–water partition coefficient (Wildman–Crippen LogP) is 4.37. The van der Waals surface area contributed by atoms with Gasteiger partial charge in [0.15, 0.2) is 5.78 Å². The van der Waals surface area contributed by atoms with Crippen molar-refractivity contribution in [3.63, 3.8) is 0 Å². The minimum atomic E-state index is -3.98. The SMILES string of the molecule is O=C(Nc1ccc(S(=O)(=O)Nc2ccccc2C(=O)c2ccccc2)cc1)c1ccccn1. The number of rotatable bonds is 7. The molecule has 1 aromatic heterocycles. The van der Waals surface area contributed by atoms with Gasteiger partial charge in [-0.05, 0) is 48.5 Å². The van der Waals surface area contributed by atoms with Crippen molar-refractivity contribution >= 4 is 33.1 Å². The Morgan fingerprint density at radius 2 is 1.39 bits per heavy atom. The maximum Gasteiger partial charge on any atom is 0.274 e. The van der Waals surface area contributed by atoms with Crippen LogP contribution in [0, 0.1) is 0 Å². The van der Waals surface area contributed by atoms with Gasteiger partial charge in [-0.2, -0.15) is 0 Å². The van der Waals surface area contributed by atoms with Crippen molar-refractivity contribution < 1.29 is 18.0 Å². The molecule has 0 radical (unpaired) electrons. The lowest BCUT2D eigenvalue weighted by molar-refractivity contribution is 0.101. The number of anilines is 2. The Morgan fingerprint density at radius 3 is 2.09 bits per heavy atom. The Hall–Kier alpha value is -4.30. The maximum absolute atomic E-state index is 12.9. The van der Waals surface area contributed by atoms with E-state index in [0.717, 1.165) is 0 Å². The number of carbonyl (C=O) groups excluding carboxylic acids is 2. The normalized spacial score (nSPS) is 10.9. The molecule has 164 valence electrons. The molecule has 0 saturated carbocycles. The molecule has 7 nitrogen and oxygen atoms in total. The second-order valence-electron chi connectivity index (χ2n) is 7.04. The molecule has 4 aromatic rings. The van der Waals surface area contributed by atoms with Crippen LogP contribution in [0.1, 0.15) is 26.4 Å². The first-order valence-electron chi connectivity index (χ1n) is 9.98. The van der Waals surface area contributed by atoms with Crippen molar-refractivity contribution in [1.29, 1.82) is 0 Å². The molecule has 0 aliphatic carbocycles. The van der Waals surface area contributed by atoms with Gasteiger partial charge >= 0.3 is 0 Å². The standard InChI is InChI=1S/C25H19N3O4S/c29-24(18-8-2-1-3-9-18)21-10-4-5-11-22(21)28-33(31,32)20-15-13-19(14-16-20)27-25(30)23-12-6-7-17-26-23/h1-17,28H,(H,27,30). The molecule has 0 aliphatic heterocycles. The summed E-state index contributed by atoms with van der Waals surface area (Å²) >= 11 is 0. The van der Waals surface area contributed by atoms with E-state index in [2.05, 4.69) is 15.0 Å². The molecule has 0 spiro atoms. The number of carbonyl (C=O) groups is 2. The summed E-state index contributed by atoms with van der Waals surface area (Å²) in [5.41, 5.74) is 1.54. The van der Waals surface area contributed by atoms with Crippen LogP contribution in [0.25, 0.3) is 0 Å². The molecule has 0 bridgehead atoms. The van der Waals surface area contributed by atoms with Crippen LogP contribution < -0.4 is 10.0 Å². The van der Waals surface area contributed by atoms with E-state index in [1.807, 2.05) is 0 Å². The van der Waals surface area contributed by atoms with Crippen LogP contribution in [-0.2, 0) is 10.0 Å². The molecule has 0 saturated heterocycles. The molecule has 2 N–H and O–H groups in total. The summed E-state index contributed by atoms with van der Waals surface area (Å²) in [6.07, 6.45) is 1.51. The Bertz CT molecular complexity index is 1390. The Balaban J connectivity index is 1.53. The lowest BCUT2D eigenvalue weighted by atomic mass is 10.0. The second-order valence-corrected chi connectivity index (χ2v) is 8.72. The average Bonchev–Trinajstić information content (AvgIpc) is 2.85. The van der Waals surface area contributed by atoms with Gasteiger partial charge in [0.25, 0.3) is 15.9 Å². The molecule has 33 heavy (non-hydrogen) atoms. The number of pyridine rings is 1. The number of aromatic nitrogens is 1. The smallest absolute Gasteiger partial charge is 0.274 e. The van der Waals surface area contributed by atoms with Crippen LogP contribution in [0.5, 0.6) is 0 Å². The molecule has 3 aromatic carbocycles. The number of benzene rings is 3. The van der Waals surface area contributed by atoms with Gasteiger partial charge in [0.1, 0.15) is 5.69 Å². The van der Waals surface area contributed by atoms with Crippen LogP contribution in [-0.4, -0.2) is 25.1 Å². The summed E-state index contributed by atoms with van der Waals surface area (Å²) in [5.74, 6) is -0.695. The van der Waals surface area contributed by atoms with Crippen LogP contribution in [0.3, 0.4) is 0 Å². The number of amides is 1. The van der Waals surface area contributed by atoms with Gasteiger partial charge in [-0.25, -0.2) is 8.42 Å². The third-order valence-corrected chi connectivity index (χ3v) is 6.15. The molecule has 0 aliphatic rings. The molecule has 1 heterocycles. The monoisotopic (exact) mass is 457 g/mol. The van der Waals surface area contributed by atoms with Gasteiger partial charge < -0.3 is 5.32 Å². The summed E-state index contributed by atoms with van der Waals surface area (Å²) in [5, 5.41) is 2.67. The van der Waals surface area contributed by atoms with Crippen molar-refractivity contribution in [2.75, 3.05) is 10.0 Å². The topological polar surface area (TPSA) is 105 Å². The lowest BCUT2D eigenvalue weighted by Crippen LogP contribution is -2.16. The summed E-state index contributed by atoms with van der Waals surface area (Å²) in [4.78, 5) is 29.1. The van der Waals surface area contributed by atoms with Crippen LogP contribution in [0.2, 0.25) is 0 Å². The van der Waals surface area contributed by atoms with Crippen molar-refractivity contribution in [3.8, 4) is 0 Å². The number of sulfonamides is 1. The van der Waals surface area contributed by atoms with E-state index in [0.29, 0.717) is 11.3 Å². The molecular weight excluding hydrogens is 438 g/mol. The zero-order chi connectivity index (χ0) is 23.3. The van der Waals surface area contributed by atoms with Gasteiger partial charge in [-0.1, -0.05) is 48.5 Å². The lowest BCUT2D eigenvalue weighted by Gasteiger charge is -2.13. The summed E-state index contributed by atoms with van der Waals surface area (Å²) in [6.45, 7) is 0. The molecule has 0 atom stereocenters. The average molecular weight is 458 g/mol. The second kappa shape index (κ2) is 9.46. The molecule has 4 rings (SSSR count). The van der Waals surface area contributed by atoms with Crippen LogP contribution in [0.4, 0.5) is 11.4 Å². The van der Waals surface area contributed by atoms with E-state index in [-0.39, 0.29) is 27.6 Å². The van der Waals surface area contributed by atoms with Gasteiger partial charge in [-0.15, -0.1) is 0 Å². The van der Waals surface area contributed by atoms with Crippen LogP contribution >= 0.6 is 0 Å². The van der Waals surface area contributed by atoms with Gasteiger partial charge in [0.2, 0.25) is 0 Å². The highest BCUT2D eigenvalue weighted by molar-refractivity contribution is 7.92. The van der Waals surface area contributed by atoms with E-state index in [9.17, 15) is 18.0 Å². The first-order valence-corrected chi connectivity index (χ1v) is 11.5. The van der Waals surface area contributed by atoms with Gasteiger partial charge in [0, 0.05) is 23.0 Å². The van der Waals surface area contributed by atoms with E-state index < -0.39 is 15.9 Å². The number of ketones is 1. The molecular formula is C25H19N3O4S. The van der Waals surface area contributed by atoms with E-state index >= 15 is 0 Å². The Morgan fingerprint density at radius 1 is 0.727 bits per heavy atom. The highest BCUT2D eigenvalue weighted by atomic mass is 32.2. The summed E-state index contributed by atoms with van der Waals surface area (Å²) in [6, 6.07) is 25.8. The minimum absolute atomic E-state index is 0.0136. The minimum Gasteiger partial charge on any atom is -0.321 e. The Kier molecular flexibility index (Phi) is 6.28. The fourth-order valence-corrected chi connectivity index (χ4v) is 4.21. The van der Waals surface area contributed by atoms with Crippen molar-refractivity contribution in [2.45, 2.75) is 4.90 Å². The maximum atomic E-state index is 12.9.